The van der Waals surface area contributed by atoms with Crippen molar-refractivity contribution >= 4 is 40.8 Å². The number of unbranched alkanes of at least 4 members (excludes halogenated alkanes) is 1. The van der Waals surface area contributed by atoms with Gasteiger partial charge in [-0.2, -0.15) is 0 Å². The first kappa shape index (κ1) is 21.4. The predicted octanol–water partition coefficient (Wildman–Crippen LogP) is 4.00. The number of nitrogens with zero attached hydrogens (tertiary/aromatic N) is 2. The van der Waals surface area contributed by atoms with Crippen molar-refractivity contribution in [3.8, 4) is 0 Å². The van der Waals surface area contributed by atoms with Crippen molar-refractivity contribution in [3.05, 3.63) is 58.2 Å². The molecule has 0 spiro atoms. The Kier molecular flexibility index (Phi) is 7.72. The van der Waals surface area contributed by atoms with Gasteiger partial charge in [-0.1, -0.05) is 29.3 Å². The SMILES string of the molecule is O=C(NCCCCNc1ccccn1)C1CCCN1C(=O)c1cc(Cl)ccc1Cl. The van der Waals surface area contributed by atoms with Gasteiger partial charge in [0.25, 0.3) is 5.91 Å². The molecule has 1 saturated heterocycles. The van der Waals surface area contributed by atoms with Crippen LogP contribution < -0.4 is 10.6 Å². The normalized spacial score (nSPS) is 15.9. The molecule has 1 aliphatic heterocycles. The first-order valence-corrected chi connectivity index (χ1v) is 10.5. The molecule has 29 heavy (non-hydrogen) atoms. The van der Waals surface area contributed by atoms with E-state index in [0.29, 0.717) is 35.1 Å². The number of pyridine rings is 1. The highest BCUT2D eigenvalue weighted by Crippen LogP contribution is 2.26. The Morgan fingerprint density at radius 1 is 1.14 bits per heavy atom. The summed E-state index contributed by atoms with van der Waals surface area (Å²) in [6.07, 6.45) is 4.93. The number of likely N-dealkylation sites (tertiary alicyclic amines) is 1. The molecule has 1 aromatic heterocycles. The highest BCUT2D eigenvalue weighted by molar-refractivity contribution is 6.35. The summed E-state index contributed by atoms with van der Waals surface area (Å²) < 4.78 is 0. The van der Waals surface area contributed by atoms with Crippen molar-refractivity contribution < 1.29 is 9.59 Å². The Bertz CT molecular complexity index is 848. The molecular formula is C21H24Cl2N4O2. The van der Waals surface area contributed by atoms with E-state index in [-0.39, 0.29) is 11.8 Å². The van der Waals surface area contributed by atoms with Crippen LogP contribution in [0.15, 0.2) is 42.6 Å². The van der Waals surface area contributed by atoms with Gasteiger partial charge in [-0.15, -0.1) is 0 Å². The van der Waals surface area contributed by atoms with Gasteiger partial charge in [0.2, 0.25) is 5.91 Å². The lowest BCUT2D eigenvalue weighted by molar-refractivity contribution is -0.124. The number of aromatic nitrogens is 1. The summed E-state index contributed by atoms with van der Waals surface area (Å²) in [5.74, 6) is 0.470. The summed E-state index contributed by atoms with van der Waals surface area (Å²) >= 11 is 12.2. The maximum Gasteiger partial charge on any atom is 0.256 e. The van der Waals surface area contributed by atoms with Crippen molar-refractivity contribution in [1.82, 2.24) is 15.2 Å². The molecule has 0 radical (unpaired) electrons. The van der Waals surface area contributed by atoms with Crippen molar-refractivity contribution in [2.75, 3.05) is 25.0 Å². The number of hydrogen-bond donors (Lipinski definition) is 2. The summed E-state index contributed by atoms with van der Waals surface area (Å²) in [5, 5.41) is 6.97. The second-order valence-electron chi connectivity index (χ2n) is 6.92. The van der Waals surface area contributed by atoms with Crippen LogP contribution in [0.5, 0.6) is 0 Å². The van der Waals surface area contributed by atoms with Gasteiger partial charge in [0.05, 0.1) is 10.6 Å². The first-order chi connectivity index (χ1) is 14.1. The van der Waals surface area contributed by atoms with Crippen molar-refractivity contribution in [2.45, 2.75) is 31.7 Å². The van der Waals surface area contributed by atoms with E-state index in [2.05, 4.69) is 15.6 Å². The fourth-order valence-corrected chi connectivity index (χ4v) is 3.73. The number of carbonyl (C=O) groups is 2. The van der Waals surface area contributed by atoms with E-state index in [1.807, 2.05) is 18.2 Å². The first-order valence-electron chi connectivity index (χ1n) is 9.75. The van der Waals surface area contributed by atoms with E-state index in [1.54, 1.807) is 29.3 Å². The van der Waals surface area contributed by atoms with Crippen molar-refractivity contribution in [1.29, 1.82) is 0 Å². The molecule has 0 saturated carbocycles. The minimum absolute atomic E-state index is 0.119. The Balaban J connectivity index is 1.45. The highest BCUT2D eigenvalue weighted by Gasteiger charge is 2.35. The van der Waals surface area contributed by atoms with Crippen LogP contribution in [0.2, 0.25) is 10.0 Å². The molecule has 1 unspecified atom stereocenters. The summed E-state index contributed by atoms with van der Waals surface area (Å²) in [5.41, 5.74) is 0.333. The molecule has 2 amide bonds. The lowest BCUT2D eigenvalue weighted by Gasteiger charge is -2.24. The van der Waals surface area contributed by atoms with Crippen LogP contribution in [0.1, 0.15) is 36.0 Å². The van der Waals surface area contributed by atoms with Gasteiger partial charge in [-0.05, 0) is 56.0 Å². The van der Waals surface area contributed by atoms with Crippen LogP contribution in [0.3, 0.4) is 0 Å². The summed E-state index contributed by atoms with van der Waals surface area (Å²) in [6, 6.07) is 10.0. The third-order valence-corrected chi connectivity index (χ3v) is 5.41. The largest absolute Gasteiger partial charge is 0.370 e. The molecule has 1 atom stereocenters. The lowest BCUT2D eigenvalue weighted by Crippen LogP contribution is -2.46. The van der Waals surface area contributed by atoms with Gasteiger partial charge in [-0.25, -0.2) is 4.98 Å². The fourth-order valence-electron chi connectivity index (χ4n) is 3.36. The van der Waals surface area contributed by atoms with Gasteiger partial charge in [0, 0.05) is 30.9 Å². The van der Waals surface area contributed by atoms with Crippen molar-refractivity contribution in [2.24, 2.45) is 0 Å². The number of halogens is 2. The van der Waals surface area contributed by atoms with Crippen LogP contribution in [0.4, 0.5) is 5.82 Å². The fraction of sp³-hybridized carbons (Fsp3) is 0.381. The topological polar surface area (TPSA) is 74.3 Å². The number of hydrogen-bond acceptors (Lipinski definition) is 4. The second-order valence-corrected chi connectivity index (χ2v) is 7.76. The molecular weight excluding hydrogens is 411 g/mol. The van der Waals surface area contributed by atoms with Crippen molar-refractivity contribution in [3.63, 3.8) is 0 Å². The number of carbonyl (C=O) groups excluding carboxylic acids is 2. The quantitative estimate of drug-likeness (QED) is 0.615. The second kappa shape index (κ2) is 10.5. The predicted molar refractivity (Wildman–Crippen MR) is 115 cm³/mol. The third kappa shape index (κ3) is 5.84. The Morgan fingerprint density at radius 2 is 1.97 bits per heavy atom. The summed E-state index contributed by atoms with van der Waals surface area (Å²) in [4.78, 5) is 31.3. The molecule has 3 rings (SSSR count). The van der Waals surface area contributed by atoms with Crippen LogP contribution >= 0.6 is 23.2 Å². The standard InChI is InChI=1S/C21H24Cl2N4O2/c22-15-8-9-17(23)16(14-15)21(29)27-13-5-6-18(27)20(28)26-12-4-3-11-25-19-7-1-2-10-24-19/h1-2,7-10,14,18H,3-6,11-13H2,(H,24,25)(H,26,28). The Labute approximate surface area is 180 Å². The monoisotopic (exact) mass is 434 g/mol. The highest BCUT2D eigenvalue weighted by atomic mass is 35.5. The van der Waals surface area contributed by atoms with Gasteiger partial charge in [-0.3, -0.25) is 9.59 Å². The maximum absolute atomic E-state index is 12.9. The van der Waals surface area contributed by atoms with Crippen LogP contribution in [0.25, 0.3) is 0 Å². The Morgan fingerprint density at radius 3 is 2.76 bits per heavy atom. The van der Waals surface area contributed by atoms with Gasteiger partial charge >= 0.3 is 0 Å². The lowest BCUT2D eigenvalue weighted by atomic mass is 10.1. The summed E-state index contributed by atoms with van der Waals surface area (Å²) in [7, 11) is 0. The molecule has 2 N–H and O–H groups in total. The molecule has 154 valence electrons. The average Bonchev–Trinajstić information content (AvgIpc) is 3.22. The van der Waals surface area contributed by atoms with Gasteiger partial charge < -0.3 is 15.5 Å². The number of amides is 2. The average molecular weight is 435 g/mol. The summed E-state index contributed by atoms with van der Waals surface area (Å²) in [6.45, 7) is 1.89. The zero-order valence-corrected chi connectivity index (χ0v) is 17.5. The number of benzene rings is 1. The molecule has 0 aliphatic carbocycles. The molecule has 2 heterocycles. The van der Waals surface area contributed by atoms with E-state index in [9.17, 15) is 9.59 Å². The van der Waals surface area contributed by atoms with Crippen LogP contribution in [0, 0.1) is 0 Å². The smallest absolute Gasteiger partial charge is 0.256 e. The van der Waals surface area contributed by atoms with E-state index >= 15 is 0 Å². The van der Waals surface area contributed by atoms with E-state index in [4.69, 9.17) is 23.2 Å². The van der Waals surface area contributed by atoms with Crippen LogP contribution in [-0.2, 0) is 4.79 Å². The maximum atomic E-state index is 12.9. The molecule has 8 heteroatoms. The zero-order chi connectivity index (χ0) is 20.6. The molecule has 6 nitrogen and oxygen atoms in total. The number of anilines is 1. The zero-order valence-electron chi connectivity index (χ0n) is 16.0. The van der Waals surface area contributed by atoms with E-state index in [1.165, 1.54) is 0 Å². The molecule has 1 fully saturated rings. The van der Waals surface area contributed by atoms with E-state index < -0.39 is 6.04 Å². The van der Waals surface area contributed by atoms with Gasteiger partial charge in [0.15, 0.2) is 0 Å². The minimum Gasteiger partial charge on any atom is -0.370 e. The molecule has 0 bridgehead atoms. The van der Waals surface area contributed by atoms with E-state index in [0.717, 1.165) is 31.6 Å². The molecule has 1 aromatic carbocycles. The third-order valence-electron chi connectivity index (χ3n) is 4.85. The number of rotatable bonds is 8. The number of nitrogens with one attached hydrogen (secondary N) is 2. The van der Waals surface area contributed by atoms with Crippen LogP contribution in [-0.4, -0.2) is 47.4 Å². The molecule has 1 aliphatic rings. The van der Waals surface area contributed by atoms with Gasteiger partial charge in [0.1, 0.15) is 11.9 Å². The Hall–Kier alpha value is -2.31. The minimum atomic E-state index is -0.468. The molecule has 2 aromatic rings.